The molecule has 0 radical (unpaired) electrons. The maximum absolute atomic E-state index is 14.5. The number of nitrogens with one attached hydrogen (secondary N) is 1. The van der Waals surface area contributed by atoms with E-state index >= 15 is 0 Å². The van der Waals surface area contributed by atoms with E-state index in [4.69, 9.17) is 0 Å². The monoisotopic (exact) mass is 611 g/mol. The third-order valence-electron chi connectivity index (χ3n) is 7.17. The highest BCUT2D eigenvalue weighted by Crippen LogP contribution is 2.25. The number of benzene rings is 4. The highest BCUT2D eigenvalue weighted by molar-refractivity contribution is 7.92. The molecule has 0 aliphatic rings. The van der Waals surface area contributed by atoms with Crippen molar-refractivity contribution < 1.29 is 18.0 Å². The summed E-state index contributed by atoms with van der Waals surface area (Å²) in [6, 6.07) is 31.5. The van der Waals surface area contributed by atoms with Crippen LogP contribution in [0, 0.1) is 13.8 Å². The van der Waals surface area contributed by atoms with Gasteiger partial charge in [0.25, 0.3) is 10.0 Å². The summed E-state index contributed by atoms with van der Waals surface area (Å²) in [6.45, 7) is 9.21. The van der Waals surface area contributed by atoms with Crippen LogP contribution in [-0.2, 0) is 32.6 Å². The van der Waals surface area contributed by atoms with Gasteiger partial charge in [-0.3, -0.25) is 13.9 Å². The molecule has 0 spiro atoms. The standard InChI is InChI=1S/C36H41N3O4S/c1-27-16-20-30(21-17-27)25-38(33(35(41)37-36(3,4)5)24-29-12-8-6-9-13-29)34(40)26-39(31-22-18-28(2)19-23-31)44(42,43)32-14-10-7-11-15-32/h6-23,33H,24-26H2,1-5H3,(H,37,41)/t33-/m1/s1. The number of hydrogen-bond acceptors (Lipinski definition) is 4. The van der Waals surface area contributed by atoms with E-state index in [1.165, 1.54) is 17.0 Å². The minimum Gasteiger partial charge on any atom is -0.350 e. The van der Waals surface area contributed by atoms with Crippen LogP contribution in [0.4, 0.5) is 5.69 Å². The van der Waals surface area contributed by atoms with Crippen molar-refractivity contribution in [3.8, 4) is 0 Å². The Bertz CT molecular complexity index is 1650. The van der Waals surface area contributed by atoms with E-state index in [-0.39, 0.29) is 23.8 Å². The second-order valence-corrected chi connectivity index (χ2v) is 14.0. The van der Waals surface area contributed by atoms with Crippen LogP contribution < -0.4 is 9.62 Å². The smallest absolute Gasteiger partial charge is 0.264 e. The van der Waals surface area contributed by atoms with Crippen molar-refractivity contribution in [3.05, 3.63) is 131 Å². The minimum atomic E-state index is -4.12. The first-order chi connectivity index (χ1) is 20.8. The molecule has 0 aliphatic carbocycles. The summed E-state index contributed by atoms with van der Waals surface area (Å²) < 4.78 is 29.2. The van der Waals surface area contributed by atoms with Gasteiger partial charge in [-0.25, -0.2) is 8.42 Å². The quantitative estimate of drug-likeness (QED) is 0.224. The fourth-order valence-electron chi connectivity index (χ4n) is 4.86. The Balaban J connectivity index is 1.80. The number of amides is 2. The summed E-state index contributed by atoms with van der Waals surface area (Å²) in [5.41, 5.74) is 3.56. The first kappa shape index (κ1) is 32.5. The molecule has 0 fully saturated rings. The van der Waals surface area contributed by atoms with Crippen molar-refractivity contribution in [1.82, 2.24) is 10.2 Å². The largest absolute Gasteiger partial charge is 0.350 e. The lowest BCUT2D eigenvalue weighted by atomic mass is 10.0. The van der Waals surface area contributed by atoms with Crippen LogP contribution >= 0.6 is 0 Å². The summed E-state index contributed by atoms with van der Waals surface area (Å²) in [5, 5.41) is 3.05. The summed E-state index contributed by atoms with van der Waals surface area (Å²) in [6.07, 6.45) is 0.260. The lowest BCUT2D eigenvalue weighted by molar-refractivity contribution is -0.140. The van der Waals surface area contributed by atoms with Gasteiger partial charge in [0.05, 0.1) is 10.6 Å². The molecular weight excluding hydrogens is 570 g/mol. The van der Waals surface area contributed by atoms with Gasteiger partial charge in [0, 0.05) is 18.5 Å². The van der Waals surface area contributed by atoms with E-state index in [0.717, 1.165) is 26.6 Å². The molecule has 44 heavy (non-hydrogen) atoms. The van der Waals surface area contributed by atoms with Crippen LogP contribution in [0.1, 0.15) is 43.0 Å². The number of sulfonamides is 1. The highest BCUT2D eigenvalue weighted by atomic mass is 32.2. The molecule has 0 aliphatic heterocycles. The van der Waals surface area contributed by atoms with E-state index in [9.17, 15) is 18.0 Å². The van der Waals surface area contributed by atoms with Crippen LogP contribution in [0.3, 0.4) is 0 Å². The molecule has 0 bridgehead atoms. The Kier molecular flexibility index (Phi) is 10.3. The van der Waals surface area contributed by atoms with Crippen LogP contribution in [0.25, 0.3) is 0 Å². The third-order valence-corrected chi connectivity index (χ3v) is 8.96. The number of anilines is 1. The summed E-state index contributed by atoms with van der Waals surface area (Å²) in [5.74, 6) is -0.801. The van der Waals surface area contributed by atoms with Gasteiger partial charge in [-0.15, -0.1) is 0 Å². The zero-order chi connectivity index (χ0) is 31.9. The molecule has 0 saturated heterocycles. The average Bonchev–Trinajstić information content (AvgIpc) is 2.99. The van der Waals surface area contributed by atoms with Gasteiger partial charge in [-0.1, -0.05) is 96.1 Å². The molecule has 0 heterocycles. The molecule has 0 saturated carbocycles. The SMILES string of the molecule is Cc1ccc(CN(C(=O)CN(c2ccc(C)cc2)S(=O)(=O)c2ccccc2)[C@H](Cc2ccccc2)C(=O)NC(C)(C)C)cc1. The van der Waals surface area contributed by atoms with Gasteiger partial charge in [-0.05, 0) is 70.0 Å². The lowest BCUT2D eigenvalue weighted by Gasteiger charge is -2.35. The maximum Gasteiger partial charge on any atom is 0.264 e. The lowest BCUT2D eigenvalue weighted by Crippen LogP contribution is -2.56. The molecule has 8 heteroatoms. The van der Waals surface area contributed by atoms with E-state index < -0.39 is 34.1 Å². The van der Waals surface area contributed by atoms with Gasteiger partial charge in [-0.2, -0.15) is 0 Å². The van der Waals surface area contributed by atoms with Crippen molar-refractivity contribution in [2.45, 2.75) is 64.1 Å². The van der Waals surface area contributed by atoms with E-state index in [1.807, 2.05) is 101 Å². The van der Waals surface area contributed by atoms with Crippen molar-refractivity contribution in [3.63, 3.8) is 0 Å². The van der Waals surface area contributed by atoms with Gasteiger partial charge in [0.15, 0.2) is 0 Å². The maximum atomic E-state index is 14.5. The Morgan fingerprint density at radius 3 is 1.80 bits per heavy atom. The highest BCUT2D eigenvalue weighted by Gasteiger charge is 2.35. The number of hydrogen-bond donors (Lipinski definition) is 1. The molecular formula is C36H41N3O4S. The first-order valence-electron chi connectivity index (χ1n) is 14.7. The Labute approximate surface area is 261 Å². The van der Waals surface area contributed by atoms with Crippen molar-refractivity contribution >= 4 is 27.5 Å². The van der Waals surface area contributed by atoms with Gasteiger partial charge in [0.2, 0.25) is 11.8 Å². The van der Waals surface area contributed by atoms with E-state index in [0.29, 0.717) is 5.69 Å². The number of carbonyl (C=O) groups is 2. The third kappa shape index (κ3) is 8.57. The molecule has 1 N–H and O–H groups in total. The minimum absolute atomic E-state index is 0.0739. The molecule has 4 aromatic carbocycles. The second kappa shape index (κ2) is 13.9. The normalized spacial score (nSPS) is 12.3. The van der Waals surface area contributed by atoms with Gasteiger partial charge < -0.3 is 10.2 Å². The Morgan fingerprint density at radius 1 is 0.727 bits per heavy atom. The molecule has 4 rings (SSSR count). The van der Waals surface area contributed by atoms with Crippen LogP contribution in [0.15, 0.2) is 114 Å². The van der Waals surface area contributed by atoms with Crippen LogP contribution in [0.5, 0.6) is 0 Å². The van der Waals surface area contributed by atoms with Crippen LogP contribution in [-0.4, -0.2) is 43.3 Å². The molecule has 230 valence electrons. The number of rotatable bonds is 11. The summed E-state index contributed by atoms with van der Waals surface area (Å²) in [4.78, 5) is 30.0. The summed E-state index contributed by atoms with van der Waals surface area (Å²) >= 11 is 0. The molecule has 0 unspecified atom stereocenters. The predicted octanol–water partition coefficient (Wildman–Crippen LogP) is 6.05. The average molecular weight is 612 g/mol. The predicted molar refractivity (Wildman–Crippen MR) is 176 cm³/mol. The van der Waals surface area contributed by atoms with Crippen molar-refractivity contribution in [1.29, 1.82) is 0 Å². The van der Waals surface area contributed by atoms with Crippen molar-refractivity contribution in [2.24, 2.45) is 0 Å². The Morgan fingerprint density at radius 2 is 1.25 bits per heavy atom. The van der Waals surface area contributed by atoms with Crippen molar-refractivity contribution in [2.75, 3.05) is 10.8 Å². The molecule has 7 nitrogen and oxygen atoms in total. The molecule has 2 amide bonds. The van der Waals surface area contributed by atoms with Gasteiger partial charge in [0.1, 0.15) is 12.6 Å². The number of nitrogens with zero attached hydrogens (tertiary/aromatic N) is 2. The van der Waals surface area contributed by atoms with Gasteiger partial charge >= 0.3 is 0 Å². The fraction of sp³-hybridized carbons (Fsp3) is 0.278. The molecule has 4 aromatic rings. The van der Waals surface area contributed by atoms with E-state index in [1.54, 1.807) is 30.3 Å². The second-order valence-electron chi connectivity index (χ2n) is 12.1. The topological polar surface area (TPSA) is 86.8 Å². The number of aryl methyl sites for hydroxylation is 2. The Hall–Kier alpha value is -4.43. The van der Waals surface area contributed by atoms with Crippen LogP contribution in [0.2, 0.25) is 0 Å². The zero-order valence-electron chi connectivity index (χ0n) is 26.0. The first-order valence-corrected chi connectivity index (χ1v) is 16.1. The zero-order valence-corrected chi connectivity index (χ0v) is 26.8. The fourth-order valence-corrected chi connectivity index (χ4v) is 6.29. The van der Waals surface area contributed by atoms with E-state index in [2.05, 4.69) is 5.32 Å². The molecule has 0 aromatic heterocycles. The summed E-state index contributed by atoms with van der Waals surface area (Å²) in [7, 11) is -4.12. The number of carbonyl (C=O) groups excluding carboxylic acids is 2. The molecule has 1 atom stereocenters.